The first kappa shape index (κ1) is 9.03. The van der Waals surface area contributed by atoms with E-state index in [-0.39, 0.29) is 23.8 Å². The zero-order valence-electron chi connectivity index (χ0n) is 7.86. The van der Waals surface area contributed by atoms with E-state index in [1.54, 1.807) is 0 Å². The highest BCUT2D eigenvalue weighted by atomic mass is 16.5. The Morgan fingerprint density at radius 2 is 2.36 bits per heavy atom. The molecule has 0 spiro atoms. The largest absolute Gasteiger partial charge is 0.421 e. The third kappa shape index (κ3) is 1.44. The molecule has 0 saturated carbocycles. The molecule has 2 N–H and O–H groups in total. The van der Waals surface area contributed by atoms with Crippen molar-refractivity contribution in [3.05, 3.63) is 11.6 Å². The first-order chi connectivity index (χ1) is 6.70. The van der Waals surface area contributed by atoms with Crippen LogP contribution < -0.4 is 5.73 Å². The molecule has 2 unspecified atom stereocenters. The molecule has 0 aromatic carbocycles. The van der Waals surface area contributed by atoms with Crippen molar-refractivity contribution in [1.29, 1.82) is 5.26 Å². The minimum atomic E-state index is -0.144. The zero-order chi connectivity index (χ0) is 10.1. The number of nitrogens with zero attached hydrogens (tertiary/aromatic N) is 2. The van der Waals surface area contributed by atoms with Gasteiger partial charge in [-0.3, -0.25) is 0 Å². The van der Waals surface area contributed by atoms with Gasteiger partial charge in [-0.1, -0.05) is 0 Å². The predicted molar refractivity (Wildman–Crippen MR) is 48.2 cm³/mol. The van der Waals surface area contributed by atoms with Gasteiger partial charge in [0.15, 0.2) is 0 Å². The number of ether oxygens (including phenoxy) is 1. The molecule has 1 fully saturated rings. The number of nitriles is 1. The number of oxazole rings is 1. The van der Waals surface area contributed by atoms with Gasteiger partial charge in [-0.05, 0) is 19.8 Å². The van der Waals surface area contributed by atoms with E-state index in [1.165, 1.54) is 0 Å². The molecule has 1 aromatic rings. The molecule has 5 nitrogen and oxygen atoms in total. The van der Waals surface area contributed by atoms with Crippen molar-refractivity contribution in [1.82, 2.24) is 4.98 Å². The van der Waals surface area contributed by atoms with Crippen LogP contribution in [0.5, 0.6) is 0 Å². The summed E-state index contributed by atoms with van der Waals surface area (Å²) in [5.74, 6) is 0.494. The number of hydrogen-bond donors (Lipinski definition) is 1. The van der Waals surface area contributed by atoms with Crippen molar-refractivity contribution in [2.75, 3.05) is 5.73 Å². The van der Waals surface area contributed by atoms with E-state index in [4.69, 9.17) is 20.1 Å². The van der Waals surface area contributed by atoms with Crippen LogP contribution in [0.1, 0.15) is 37.5 Å². The van der Waals surface area contributed by atoms with Crippen LogP contribution in [0.25, 0.3) is 0 Å². The number of nitrogens with two attached hydrogens (primary N) is 1. The van der Waals surface area contributed by atoms with Crippen LogP contribution in [0, 0.1) is 11.3 Å². The molecule has 74 valence electrons. The molecule has 2 heterocycles. The lowest BCUT2D eigenvalue weighted by Crippen LogP contribution is -2.01. The fourth-order valence-electron chi connectivity index (χ4n) is 1.55. The molecule has 1 saturated heterocycles. The fraction of sp³-hybridized carbons (Fsp3) is 0.556. The molecular weight excluding hydrogens is 182 g/mol. The van der Waals surface area contributed by atoms with Gasteiger partial charge < -0.3 is 14.9 Å². The van der Waals surface area contributed by atoms with Gasteiger partial charge in [-0.15, -0.1) is 0 Å². The SMILES string of the molecule is CC1CCC(c2nc(C#N)c(N)o2)O1. The van der Waals surface area contributed by atoms with Crippen molar-refractivity contribution < 1.29 is 9.15 Å². The van der Waals surface area contributed by atoms with Crippen molar-refractivity contribution >= 4 is 5.88 Å². The third-order valence-corrected chi connectivity index (χ3v) is 2.28. The zero-order valence-corrected chi connectivity index (χ0v) is 7.86. The quantitative estimate of drug-likeness (QED) is 0.727. The number of nitrogen functional groups attached to an aromatic ring is 1. The summed E-state index contributed by atoms with van der Waals surface area (Å²) >= 11 is 0. The minimum Gasteiger partial charge on any atom is -0.421 e. The Hall–Kier alpha value is -1.54. The second kappa shape index (κ2) is 3.31. The molecule has 1 aliphatic rings. The first-order valence-electron chi connectivity index (χ1n) is 4.52. The summed E-state index contributed by atoms with van der Waals surface area (Å²) < 4.78 is 10.7. The molecule has 2 rings (SSSR count). The second-order valence-corrected chi connectivity index (χ2v) is 3.39. The Morgan fingerprint density at radius 1 is 1.57 bits per heavy atom. The summed E-state index contributed by atoms with van der Waals surface area (Å²) in [6.07, 6.45) is 1.92. The van der Waals surface area contributed by atoms with Crippen LogP contribution in [-0.4, -0.2) is 11.1 Å². The highest BCUT2D eigenvalue weighted by Gasteiger charge is 2.28. The van der Waals surface area contributed by atoms with Crippen molar-refractivity contribution in [2.45, 2.75) is 32.0 Å². The molecule has 2 atom stereocenters. The van der Waals surface area contributed by atoms with E-state index in [1.807, 2.05) is 13.0 Å². The Balaban J connectivity index is 2.21. The lowest BCUT2D eigenvalue weighted by molar-refractivity contribution is 0.0396. The smallest absolute Gasteiger partial charge is 0.229 e. The van der Waals surface area contributed by atoms with Gasteiger partial charge in [0.1, 0.15) is 12.2 Å². The predicted octanol–water partition coefficient (Wildman–Crippen LogP) is 1.37. The van der Waals surface area contributed by atoms with Gasteiger partial charge in [0.25, 0.3) is 0 Å². The van der Waals surface area contributed by atoms with Crippen LogP contribution >= 0.6 is 0 Å². The molecule has 0 amide bonds. The van der Waals surface area contributed by atoms with E-state index >= 15 is 0 Å². The van der Waals surface area contributed by atoms with E-state index in [2.05, 4.69) is 4.98 Å². The van der Waals surface area contributed by atoms with Gasteiger partial charge in [0, 0.05) is 0 Å². The Labute approximate surface area is 81.5 Å². The average molecular weight is 193 g/mol. The normalized spacial score (nSPS) is 26.3. The van der Waals surface area contributed by atoms with E-state index < -0.39 is 0 Å². The standard InChI is InChI=1S/C9H11N3O2/c1-5-2-3-7(13-5)9-12-6(4-10)8(11)14-9/h5,7H,2-3,11H2,1H3. The highest BCUT2D eigenvalue weighted by molar-refractivity contribution is 5.40. The first-order valence-corrected chi connectivity index (χ1v) is 4.52. The molecule has 0 bridgehead atoms. The van der Waals surface area contributed by atoms with Crippen LogP contribution in [-0.2, 0) is 4.74 Å². The van der Waals surface area contributed by atoms with E-state index in [9.17, 15) is 0 Å². The third-order valence-electron chi connectivity index (χ3n) is 2.28. The van der Waals surface area contributed by atoms with Gasteiger partial charge in [0.2, 0.25) is 17.5 Å². The fourth-order valence-corrected chi connectivity index (χ4v) is 1.55. The number of rotatable bonds is 1. The monoisotopic (exact) mass is 193 g/mol. The molecule has 0 radical (unpaired) electrons. The number of hydrogen-bond acceptors (Lipinski definition) is 5. The van der Waals surface area contributed by atoms with Crippen LogP contribution in [0.2, 0.25) is 0 Å². The van der Waals surface area contributed by atoms with Gasteiger partial charge in [0.05, 0.1) is 6.10 Å². The summed E-state index contributed by atoms with van der Waals surface area (Å²) in [7, 11) is 0. The molecule has 0 aliphatic carbocycles. The van der Waals surface area contributed by atoms with E-state index in [0.717, 1.165) is 12.8 Å². The summed E-state index contributed by atoms with van der Waals surface area (Å²) in [5, 5.41) is 8.63. The maximum absolute atomic E-state index is 8.63. The Bertz CT molecular complexity index is 380. The summed E-state index contributed by atoms with van der Waals surface area (Å²) in [5.41, 5.74) is 5.59. The summed E-state index contributed by atoms with van der Waals surface area (Å²) in [6, 6.07) is 1.86. The lowest BCUT2D eigenvalue weighted by Gasteiger charge is -2.05. The number of aromatic nitrogens is 1. The van der Waals surface area contributed by atoms with Crippen molar-refractivity contribution in [2.24, 2.45) is 0 Å². The molecule has 1 aromatic heterocycles. The maximum atomic E-state index is 8.63. The Kier molecular flexibility index (Phi) is 2.14. The molecule has 1 aliphatic heterocycles. The topological polar surface area (TPSA) is 85.1 Å². The van der Waals surface area contributed by atoms with Crippen LogP contribution in [0.15, 0.2) is 4.42 Å². The van der Waals surface area contributed by atoms with Crippen molar-refractivity contribution in [3.8, 4) is 6.07 Å². The van der Waals surface area contributed by atoms with Gasteiger partial charge in [-0.25, -0.2) is 0 Å². The highest BCUT2D eigenvalue weighted by Crippen LogP contribution is 2.33. The molecule has 5 heteroatoms. The van der Waals surface area contributed by atoms with Crippen LogP contribution in [0.4, 0.5) is 5.88 Å². The van der Waals surface area contributed by atoms with Gasteiger partial charge in [-0.2, -0.15) is 10.2 Å². The molecule has 14 heavy (non-hydrogen) atoms. The van der Waals surface area contributed by atoms with E-state index in [0.29, 0.717) is 5.89 Å². The summed E-state index contributed by atoms with van der Waals surface area (Å²) in [4.78, 5) is 3.97. The summed E-state index contributed by atoms with van der Waals surface area (Å²) in [6.45, 7) is 2.00. The van der Waals surface area contributed by atoms with Gasteiger partial charge >= 0.3 is 0 Å². The number of anilines is 1. The second-order valence-electron chi connectivity index (χ2n) is 3.39. The minimum absolute atomic E-state index is 0.0747. The average Bonchev–Trinajstić information content (AvgIpc) is 2.71. The maximum Gasteiger partial charge on any atom is 0.229 e. The van der Waals surface area contributed by atoms with Crippen LogP contribution in [0.3, 0.4) is 0 Å². The van der Waals surface area contributed by atoms with Crippen molar-refractivity contribution in [3.63, 3.8) is 0 Å². The lowest BCUT2D eigenvalue weighted by atomic mass is 10.2. The molecular formula is C9H11N3O2. The Morgan fingerprint density at radius 3 is 2.86 bits per heavy atom.